The predicted octanol–water partition coefficient (Wildman–Crippen LogP) is 3.84. The average Bonchev–Trinajstić information content (AvgIpc) is 2.91. The molecule has 1 aliphatic rings. The van der Waals surface area contributed by atoms with Crippen LogP contribution in [0.4, 0.5) is 5.69 Å². The fourth-order valence-corrected chi connectivity index (χ4v) is 3.01. The first-order valence-corrected chi connectivity index (χ1v) is 7.75. The van der Waals surface area contributed by atoms with E-state index >= 15 is 0 Å². The van der Waals surface area contributed by atoms with Crippen molar-refractivity contribution in [1.29, 1.82) is 0 Å². The van der Waals surface area contributed by atoms with E-state index in [1.807, 2.05) is 0 Å². The van der Waals surface area contributed by atoms with E-state index in [4.69, 9.17) is 9.47 Å². The fourth-order valence-electron chi connectivity index (χ4n) is 3.01. The monoisotopic (exact) mass is 277 g/mol. The Morgan fingerprint density at radius 2 is 2.15 bits per heavy atom. The van der Waals surface area contributed by atoms with E-state index in [1.54, 1.807) is 7.11 Å². The van der Waals surface area contributed by atoms with Gasteiger partial charge in [0.1, 0.15) is 0 Å². The van der Waals surface area contributed by atoms with Gasteiger partial charge < -0.3 is 14.8 Å². The Morgan fingerprint density at radius 1 is 1.25 bits per heavy atom. The van der Waals surface area contributed by atoms with Gasteiger partial charge in [-0.05, 0) is 36.5 Å². The summed E-state index contributed by atoms with van der Waals surface area (Å²) in [6.07, 6.45) is 5.30. The number of hydrogen-bond acceptors (Lipinski definition) is 3. The highest BCUT2D eigenvalue weighted by molar-refractivity contribution is 5.46. The first-order valence-electron chi connectivity index (χ1n) is 7.75. The highest BCUT2D eigenvalue weighted by atomic mass is 16.5. The van der Waals surface area contributed by atoms with Crippen molar-refractivity contribution < 1.29 is 9.47 Å². The quantitative estimate of drug-likeness (QED) is 0.732. The molecule has 2 atom stereocenters. The van der Waals surface area contributed by atoms with Crippen LogP contribution in [0.25, 0.3) is 0 Å². The highest BCUT2D eigenvalue weighted by Gasteiger charge is 2.25. The van der Waals surface area contributed by atoms with Crippen molar-refractivity contribution in [2.45, 2.75) is 45.3 Å². The van der Waals surface area contributed by atoms with Gasteiger partial charge in [0.15, 0.2) is 0 Å². The van der Waals surface area contributed by atoms with E-state index in [0.29, 0.717) is 25.9 Å². The third-order valence-electron chi connectivity index (χ3n) is 4.16. The first-order chi connectivity index (χ1) is 9.83. The standard InChI is InChI=1S/C17H27NO2/c1-3-15-7-5-9-17(15)18-16-8-4-6-14(12-16)13-20-11-10-19-2/h4,6,8,12,15,17-18H,3,5,7,9-11,13H2,1-2H3. The summed E-state index contributed by atoms with van der Waals surface area (Å²) < 4.78 is 10.6. The summed E-state index contributed by atoms with van der Waals surface area (Å²) in [5.74, 6) is 0.830. The van der Waals surface area contributed by atoms with Crippen LogP contribution in [-0.2, 0) is 16.1 Å². The van der Waals surface area contributed by atoms with Gasteiger partial charge in [-0.2, -0.15) is 0 Å². The normalized spacial score (nSPS) is 22.1. The molecule has 1 aromatic rings. The molecule has 2 rings (SSSR count). The molecule has 1 saturated carbocycles. The van der Waals surface area contributed by atoms with Crippen molar-refractivity contribution in [3.63, 3.8) is 0 Å². The molecule has 1 aliphatic carbocycles. The third kappa shape index (κ3) is 4.50. The zero-order valence-corrected chi connectivity index (χ0v) is 12.7. The molecule has 1 fully saturated rings. The minimum absolute atomic E-state index is 0.643. The van der Waals surface area contributed by atoms with Crippen LogP contribution in [0.5, 0.6) is 0 Å². The molecule has 0 aromatic heterocycles. The summed E-state index contributed by atoms with van der Waals surface area (Å²) in [4.78, 5) is 0. The van der Waals surface area contributed by atoms with Gasteiger partial charge in [-0.3, -0.25) is 0 Å². The highest BCUT2D eigenvalue weighted by Crippen LogP contribution is 2.30. The van der Waals surface area contributed by atoms with Gasteiger partial charge in [-0.25, -0.2) is 0 Å². The smallest absolute Gasteiger partial charge is 0.0718 e. The zero-order valence-electron chi connectivity index (χ0n) is 12.7. The number of rotatable bonds is 8. The van der Waals surface area contributed by atoms with Crippen LogP contribution in [0, 0.1) is 5.92 Å². The summed E-state index contributed by atoms with van der Waals surface area (Å²) in [5, 5.41) is 3.70. The SMILES string of the molecule is CCC1CCCC1Nc1cccc(COCCOC)c1. The van der Waals surface area contributed by atoms with Crippen LogP contribution in [-0.4, -0.2) is 26.4 Å². The summed E-state index contributed by atoms with van der Waals surface area (Å²) in [6.45, 7) is 4.25. The van der Waals surface area contributed by atoms with Crippen LogP contribution >= 0.6 is 0 Å². The Hall–Kier alpha value is -1.06. The Morgan fingerprint density at radius 3 is 2.95 bits per heavy atom. The van der Waals surface area contributed by atoms with Crippen LogP contribution in [0.2, 0.25) is 0 Å². The molecule has 1 aromatic carbocycles. The second kappa shape index (κ2) is 8.28. The number of methoxy groups -OCH3 is 1. The minimum atomic E-state index is 0.643. The molecule has 1 N–H and O–H groups in total. The lowest BCUT2D eigenvalue weighted by atomic mass is 10.0. The van der Waals surface area contributed by atoms with Crippen LogP contribution < -0.4 is 5.32 Å². The van der Waals surface area contributed by atoms with Crippen molar-refractivity contribution in [2.24, 2.45) is 5.92 Å². The van der Waals surface area contributed by atoms with Crippen molar-refractivity contribution in [3.8, 4) is 0 Å². The van der Waals surface area contributed by atoms with E-state index in [0.717, 1.165) is 5.92 Å². The molecule has 3 nitrogen and oxygen atoms in total. The molecule has 2 unspecified atom stereocenters. The van der Waals surface area contributed by atoms with Crippen LogP contribution in [0.3, 0.4) is 0 Å². The van der Waals surface area contributed by atoms with E-state index in [-0.39, 0.29) is 0 Å². The van der Waals surface area contributed by atoms with Crippen molar-refractivity contribution in [1.82, 2.24) is 0 Å². The van der Waals surface area contributed by atoms with Gasteiger partial charge >= 0.3 is 0 Å². The predicted molar refractivity (Wildman–Crippen MR) is 83.0 cm³/mol. The van der Waals surface area contributed by atoms with Crippen molar-refractivity contribution >= 4 is 5.69 Å². The molecule has 112 valence electrons. The van der Waals surface area contributed by atoms with E-state index < -0.39 is 0 Å². The molecule has 0 aliphatic heterocycles. The average molecular weight is 277 g/mol. The van der Waals surface area contributed by atoms with Crippen molar-refractivity contribution in [3.05, 3.63) is 29.8 Å². The van der Waals surface area contributed by atoms with Gasteiger partial charge in [-0.15, -0.1) is 0 Å². The number of nitrogens with one attached hydrogen (secondary N) is 1. The topological polar surface area (TPSA) is 30.5 Å². The molecule has 20 heavy (non-hydrogen) atoms. The summed E-state index contributed by atoms with van der Waals surface area (Å²) >= 11 is 0. The lowest BCUT2D eigenvalue weighted by Crippen LogP contribution is -2.23. The fraction of sp³-hybridized carbons (Fsp3) is 0.647. The Kier molecular flexibility index (Phi) is 6.34. The number of hydrogen-bond donors (Lipinski definition) is 1. The number of anilines is 1. The van der Waals surface area contributed by atoms with Crippen molar-refractivity contribution in [2.75, 3.05) is 25.6 Å². The third-order valence-corrected chi connectivity index (χ3v) is 4.16. The number of benzene rings is 1. The maximum absolute atomic E-state index is 5.57. The minimum Gasteiger partial charge on any atom is -0.382 e. The van der Waals surface area contributed by atoms with Crippen LogP contribution in [0.1, 0.15) is 38.2 Å². The largest absolute Gasteiger partial charge is 0.382 e. The summed E-state index contributed by atoms with van der Waals surface area (Å²) in [5.41, 5.74) is 2.44. The molecular formula is C17H27NO2. The van der Waals surface area contributed by atoms with E-state index in [2.05, 4.69) is 36.5 Å². The second-order valence-electron chi connectivity index (χ2n) is 5.60. The van der Waals surface area contributed by atoms with E-state index in [1.165, 1.54) is 36.9 Å². The number of ether oxygens (including phenoxy) is 2. The molecule has 0 amide bonds. The Labute approximate surface area is 122 Å². The first kappa shape index (κ1) is 15.3. The second-order valence-corrected chi connectivity index (χ2v) is 5.60. The molecule has 0 saturated heterocycles. The molecule has 0 radical (unpaired) electrons. The lowest BCUT2D eigenvalue weighted by molar-refractivity contribution is 0.0617. The van der Waals surface area contributed by atoms with Gasteiger partial charge in [0.2, 0.25) is 0 Å². The molecule has 0 heterocycles. The maximum Gasteiger partial charge on any atom is 0.0718 e. The maximum atomic E-state index is 5.57. The Balaban J connectivity index is 1.85. The van der Waals surface area contributed by atoms with Crippen LogP contribution in [0.15, 0.2) is 24.3 Å². The zero-order chi connectivity index (χ0) is 14.2. The van der Waals surface area contributed by atoms with Gasteiger partial charge in [-0.1, -0.05) is 31.9 Å². The van der Waals surface area contributed by atoms with E-state index in [9.17, 15) is 0 Å². The van der Waals surface area contributed by atoms with Gasteiger partial charge in [0.25, 0.3) is 0 Å². The molecule has 0 bridgehead atoms. The molecule has 0 spiro atoms. The Bertz CT molecular complexity index is 394. The molecular weight excluding hydrogens is 250 g/mol. The van der Waals surface area contributed by atoms with Gasteiger partial charge in [0.05, 0.1) is 19.8 Å². The lowest BCUT2D eigenvalue weighted by Gasteiger charge is -2.21. The molecule has 3 heteroatoms. The van der Waals surface area contributed by atoms with Gasteiger partial charge in [0, 0.05) is 18.8 Å². The summed E-state index contributed by atoms with van der Waals surface area (Å²) in [7, 11) is 1.69. The summed E-state index contributed by atoms with van der Waals surface area (Å²) in [6, 6.07) is 9.23.